The topological polar surface area (TPSA) is 56.2 Å². The molecule has 0 aliphatic rings. The molecular formula is C46H34IrN4O-2. The molecule has 0 saturated carbocycles. The molecule has 52 heavy (non-hydrogen) atoms. The third-order valence-electron chi connectivity index (χ3n) is 9.41. The van der Waals surface area contributed by atoms with Gasteiger partial charge in [0.25, 0.3) is 0 Å². The predicted octanol–water partition coefficient (Wildman–Crippen LogP) is 11.6. The van der Waals surface area contributed by atoms with Crippen molar-refractivity contribution in [2.24, 2.45) is 5.92 Å². The number of aromatic nitrogens is 4. The molecule has 1 radical (unpaired) electrons. The van der Waals surface area contributed by atoms with E-state index in [9.17, 15) is 0 Å². The third-order valence-corrected chi connectivity index (χ3v) is 9.41. The van der Waals surface area contributed by atoms with Crippen LogP contribution in [0.25, 0.3) is 82.8 Å². The molecule has 0 unspecified atom stereocenters. The minimum absolute atomic E-state index is 0. The summed E-state index contributed by atoms with van der Waals surface area (Å²) < 4.78 is 8.35. The van der Waals surface area contributed by atoms with Crippen molar-refractivity contribution < 1.29 is 24.5 Å². The molecule has 5 aromatic heterocycles. The van der Waals surface area contributed by atoms with Gasteiger partial charge in [-0.15, -0.1) is 47.3 Å². The monoisotopic (exact) mass is 851 g/mol. The fourth-order valence-electron chi connectivity index (χ4n) is 7.16. The van der Waals surface area contributed by atoms with Gasteiger partial charge in [-0.25, -0.2) is 4.98 Å². The zero-order chi connectivity index (χ0) is 34.5. The largest absolute Gasteiger partial charge is 0.501 e. The van der Waals surface area contributed by atoms with E-state index in [1.54, 1.807) is 0 Å². The van der Waals surface area contributed by atoms with Gasteiger partial charge in [-0.3, -0.25) is 4.98 Å². The van der Waals surface area contributed by atoms with Crippen LogP contribution in [0.2, 0.25) is 0 Å². The van der Waals surface area contributed by atoms with Crippen LogP contribution in [0, 0.1) is 25.0 Å². The van der Waals surface area contributed by atoms with Gasteiger partial charge in [0.1, 0.15) is 11.2 Å². The molecule has 0 aliphatic carbocycles. The molecule has 0 fully saturated rings. The molecule has 10 rings (SSSR count). The second-order valence-electron chi connectivity index (χ2n) is 13.5. The fourth-order valence-corrected chi connectivity index (χ4v) is 7.16. The smallest absolute Gasteiger partial charge is 0.129 e. The van der Waals surface area contributed by atoms with E-state index in [1.807, 2.05) is 60.8 Å². The number of para-hydroxylation sites is 1. The van der Waals surface area contributed by atoms with Crippen LogP contribution < -0.4 is 0 Å². The summed E-state index contributed by atoms with van der Waals surface area (Å²) in [4.78, 5) is 14.4. The van der Waals surface area contributed by atoms with Crippen molar-refractivity contribution in [3.63, 3.8) is 0 Å². The van der Waals surface area contributed by atoms with E-state index in [1.165, 1.54) is 10.9 Å². The zero-order valence-electron chi connectivity index (χ0n) is 29.0. The van der Waals surface area contributed by atoms with Gasteiger partial charge in [-0.2, -0.15) is 0 Å². The quantitative estimate of drug-likeness (QED) is 0.131. The van der Waals surface area contributed by atoms with E-state index < -0.39 is 0 Å². The van der Waals surface area contributed by atoms with Gasteiger partial charge in [-0.1, -0.05) is 111 Å². The number of pyridine rings is 3. The number of furan rings is 1. The van der Waals surface area contributed by atoms with Crippen LogP contribution >= 0.6 is 0 Å². The SMILES string of the molecule is Cc1[c-]c(-c2ccc3c(CC(C)C)cccc3n2)c2oc3ccccc3c2c1.[Ir].[c-]1cccc2c1c1ncccc1c1nc(-c3ccccc3)cn21. The Balaban J connectivity index is 0.000000148. The minimum Gasteiger partial charge on any atom is -0.501 e. The van der Waals surface area contributed by atoms with E-state index in [4.69, 9.17) is 14.4 Å². The average Bonchev–Trinajstić information content (AvgIpc) is 3.78. The van der Waals surface area contributed by atoms with Crippen molar-refractivity contribution >= 4 is 60.3 Å². The van der Waals surface area contributed by atoms with Gasteiger partial charge in [0.05, 0.1) is 16.8 Å². The molecule has 0 atom stereocenters. The number of aryl methyl sites for hydroxylation is 1. The number of nitrogens with zero attached hydrogens (tertiary/aromatic N) is 4. The maximum atomic E-state index is 6.21. The molecule has 255 valence electrons. The van der Waals surface area contributed by atoms with E-state index >= 15 is 0 Å². The first-order chi connectivity index (χ1) is 25.0. The number of hydrogen-bond acceptors (Lipinski definition) is 4. The van der Waals surface area contributed by atoms with Crippen molar-refractivity contribution in [2.45, 2.75) is 27.2 Å². The normalized spacial score (nSPS) is 11.5. The second kappa shape index (κ2) is 13.8. The molecule has 5 heterocycles. The summed E-state index contributed by atoms with van der Waals surface area (Å²) in [7, 11) is 0. The van der Waals surface area contributed by atoms with E-state index in [0.29, 0.717) is 5.92 Å². The van der Waals surface area contributed by atoms with Crippen LogP contribution in [0.5, 0.6) is 0 Å². The maximum Gasteiger partial charge on any atom is 0.129 e. The number of rotatable bonds is 4. The summed E-state index contributed by atoms with van der Waals surface area (Å²) in [6.07, 6.45) is 4.97. The molecule has 0 aliphatic heterocycles. The van der Waals surface area contributed by atoms with Crippen LogP contribution in [-0.2, 0) is 26.5 Å². The Morgan fingerprint density at radius 1 is 0.750 bits per heavy atom. The van der Waals surface area contributed by atoms with Crippen molar-refractivity contribution in [2.75, 3.05) is 0 Å². The standard InChI is InChI=1S/C26H22NO.C20H12N3.Ir/c1-16(2)13-18-7-6-9-23-19(18)11-12-24(27-23)22-15-17(3)14-21-20-8-4-5-10-25(20)28-26(21)22;1-2-7-14(8-3-1)17-13-23-18-11-5-4-9-15(18)19-16(20(23)22-17)10-6-12-21-19;/h4-12,14,16H,13H2,1-3H3;1-8,10-13H;/q2*-1;. The van der Waals surface area contributed by atoms with Crippen molar-refractivity contribution in [3.05, 3.63) is 157 Å². The Morgan fingerprint density at radius 3 is 2.44 bits per heavy atom. The minimum atomic E-state index is 0. The number of imidazole rings is 1. The van der Waals surface area contributed by atoms with Crippen LogP contribution in [0.15, 0.2) is 138 Å². The molecule has 0 bridgehead atoms. The van der Waals surface area contributed by atoms with Crippen molar-refractivity contribution in [3.8, 4) is 22.5 Å². The summed E-state index contributed by atoms with van der Waals surface area (Å²) in [5.41, 5.74) is 12.1. The summed E-state index contributed by atoms with van der Waals surface area (Å²) in [5, 5.41) is 5.55. The Kier molecular flexibility index (Phi) is 8.88. The van der Waals surface area contributed by atoms with Gasteiger partial charge in [0.15, 0.2) is 0 Å². The van der Waals surface area contributed by atoms with Gasteiger partial charge in [0.2, 0.25) is 0 Å². The first kappa shape index (κ1) is 33.5. The zero-order valence-corrected chi connectivity index (χ0v) is 31.4. The molecular weight excluding hydrogens is 817 g/mol. The van der Waals surface area contributed by atoms with Crippen LogP contribution in [-0.4, -0.2) is 19.4 Å². The maximum absolute atomic E-state index is 6.21. The molecule has 5 aromatic carbocycles. The fraction of sp³-hybridized carbons (Fsp3) is 0.109. The molecule has 6 heteroatoms. The summed E-state index contributed by atoms with van der Waals surface area (Å²) in [6.45, 7) is 6.58. The number of fused-ring (bicyclic) bond motifs is 10. The molecule has 10 aromatic rings. The first-order valence-electron chi connectivity index (χ1n) is 17.4. The van der Waals surface area contributed by atoms with Crippen molar-refractivity contribution in [1.82, 2.24) is 19.4 Å². The van der Waals surface area contributed by atoms with Gasteiger partial charge < -0.3 is 13.8 Å². The summed E-state index contributed by atoms with van der Waals surface area (Å²) >= 11 is 0. The Morgan fingerprint density at radius 2 is 1.58 bits per heavy atom. The van der Waals surface area contributed by atoms with E-state index in [-0.39, 0.29) is 20.1 Å². The van der Waals surface area contributed by atoms with Crippen LogP contribution in [0.3, 0.4) is 0 Å². The Hall–Kier alpha value is -5.68. The van der Waals surface area contributed by atoms with Crippen LogP contribution in [0.4, 0.5) is 0 Å². The second-order valence-corrected chi connectivity index (χ2v) is 13.5. The van der Waals surface area contributed by atoms with E-state index in [0.717, 1.165) is 89.4 Å². The third kappa shape index (κ3) is 5.94. The molecule has 0 saturated heterocycles. The predicted molar refractivity (Wildman–Crippen MR) is 209 cm³/mol. The average molecular weight is 851 g/mol. The summed E-state index contributed by atoms with van der Waals surface area (Å²) in [6, 6.07) is 48.1. The molecule has 5 nitrogen and oxygen atoms in total. The molecule has 0 amide bonds. The molecule has 0 N–H and O–H groups in total. The van der Waals surface area contributed by atoms with Crippen molar-refractivity contribution in [1.29, 1.82) is 0 Å². The summed E-state index contributed by atoms with van der Waals surface area (Å²) in [5.74, 6) is 0.616. The van der Waals surface area contributed by atoms with Gasteiger partial charge in [0, 0.05) is 59.7 Å². The first-order valence-corrected chi connectivity index (χ1v) is 17.4. The Bertz CT molecular complexity index is 2820. The van der Waals surface area contributed by atoms with Gasteiger partial charge >= 0.3 is 0 Å². The van der Waals surface area contributed by atoms with E-state index in [2.05, 4.69) is 115 Å². The van der Waals surface area contributed by atoms with Crippen LogP contribution in [0.1, 0.15) is 25.0 Å². The number of benzene rings is 5. The van der Waals surface area contributed by atoms with Gasteiger partial charge in [-0.05, 0) is 47.3 Å². The Labute approximate surface area is 315 Å². The number of hydrogen-bond donors (Lipinski definition) is 0. The molecule has 0 spiro atoms.